The first-order chi connectivity index (χ1) is 9.63. The molecule has 0 heterocycles. The van der Waals surface area contributed by atoms with Crippen molar-refractivity contribution in [3.05, 3.63) is 58.7 Å². The molecule has 0 amide bonds. The number of hydrogen-bond donors (Lipinski definition) is 1. The Hall–Kier alpha value is -2.00. The Morgan fingerprint density at radius 1 is 1.00 bits per heavy atom. The number of nitrogens with two attached hydrogens (primary N) is 1. The molecule has 0 radical (unpaired) electrons. The Morgan fingerprint density at radius 2 is 1.80 bits per heavy atom. The van der Waals surface area contributed by atoms with E-state index >= 15 is 0 Å². The van der Waals surface area contributed by atoms with E-state index < -0.39 is 0 Å². The molecule has 0 bridgehead atoms. The van der Waals surface area contributed by atoms with Crippen LogP contribution in [0.1, 0.15) is 22.3 Å². The standard InChI is InChI=1S/C17H21NO2/c1-12-4-5-13(2)15(8-12)11-20-17-9-14(10-18)6-7-16(17)19-3/h4-9H,10-11,18H2,1-3H3. The van der Waals surface area contributed by atoms with Crippen molar-refractivity contribution < 1.29 is 9.47 Å². The van der Waals surface area contributed by atoms with Gasteiger partial charge in [0.1, 0.15) is 6.61 Å². The summed E-state index contributed by atoms with van der Waals surface area (Å²) in [7, 11) is 1.64. The van der Waals surface area contributed by atoms with Crippen molar-refractivity contribution in [3.63, 3.8) is 0 Å². The molecule has 0 spiro atoms. The van der Waals surface area contributed by atoms with Gasteiger partial charge in [0.05, 0.1) is 7.11 Å². The van der Waals surface area contributed by atoms with Gasteiger partial charge in [0, 0.05) is 6.54 Å². The smallest absolute Gasteiger partial charge is 0.161 e. The van der Waals surface area contributed by atoms with Gasteiger partial charge in [-0.3, -0.25) is 0 Å². The van der Waals surface area contributed by atoms with Gasteiger partial charge in [0.25, 0.3) is 0 Å². The highest BCUT2D eigenvalue weighted by atomic mass is 16.5. The van der Waals surface area contributed by atoms with Crippen LogP contribution in [0.15, 0.2) is 36.4 Å². The number of hydrogen-bond acceptors (Lipinski definition) is 3. The van der Waals surface area contributed by atoms with Crippen molar-refractivity contribution in [2.45, 2.75) is 27.0 Å². The van der Waals surface area contributed by atoms with Crippen LogP contribution in [0.25, 0.3) is 0 Å². The molecular formula is C17H21NO2. The van der Waals surface area contributed by atoms with Crippen LogP contribution in [0.4, 0.5) is 0 Å². The average Bonchev–Trinajstić information content (AvgIpc) is 2.47. The summed E-state index contributed by atoms with van der Waals surface area (Å²) in [6.07, 6.45) is 0. The monoisotopic (exact) mass is 271 g/mol. The summed E-state index contributed by atoms with van der Waals surface area (Å²) in [5, 5.41) is 0. The Balaban J connectivity index is 2.19. The fourth-order valence-electron chi connectivity index (χ4n) is 2.07. The number of benzene rings is 2. The van der Waals surface area contributed by atoms with Crippen molar-refractivity contribution in [1.29, 1.82) is 0 Å². The molecule has 106 valence electrons. The maximum absolute atomic E-state index is 5.91. The van der Waals surface area contributed by atoms with Gasteiger partial charge in [-0.25, -0.2) is 0 Å². The number of methoxy groups -OCH3 is 1. The van der Waals surface area contributed by atoms with Gasteiger partial charge < -0.3 is 15.2 Å². The molecule has 3 nitrogen and oxygen atoms in total. The SMILES string of the molecule is COc1ccc(CN)cc1OCc1cc(C)ccc1C. The molecule has 2 aromatic rings. The third-order valence-corrected chi connectivity index (χ3v) is 3.35. The van der Waals surface area contributed by atoms with Crippen molar-refractivity contribution >= 4 is 0 Å². The van der Waals surface area contributed by atoms with Crippen LogP contribution < -0.4 is 15.2 Å². The maximum atomic E-state index is 5.91. The zero-order valence-corrected chi connectivity index (χ0v) is 12.3. The van der Waals surface area contributed by atoms with Gasteiger partial charge in [0.2, 0.25) is 0 Å². The molecule has 2 aromatic carbocycles. The molecule has 0 unspecified atom stereocenters. The molecule has 0 aliphatic carbocycles. The molecule has 2 rings (SSSR count). The van der Waals surface area contributed by atoms with Crippen molar-refractivity contribution in [3.8, 4) is 11.5 Å². The Morgan fingerprint density at radius 3 is 2.50 bits per heavy atom. The van der Waals surface area contributed by atoms with Crippen LogP contribution in [-0.4, -0.2) is 7.11 Å². The van der Waals surface area contributed by atoms with Crippen LogP contribution in [0.3, 0.4) is 0 Å². The highest BCUT2D eigenvalue weighted by Crippen LogP contribution is 2.29. The summed E-state index contributed by atoms with van der Waals surface area (Å²) in [6.45, 7) is 5.19. The van der Waals surface area contributed by atoms with E-state index in [9.17, 15) is 0 Å². The molecule has 0 aliphatic heterocycles. The van der Waals surface area contributed by atoms with Crippen LogP contribution >= 0.6 is 0 Å². The van der Waals surface area contributed by atoms with Gasteiger partial charge in [-0.05, 0) is 42.7 Å². The van der Waals surface area contributed by atoms with Gasteiger partial charge in [-0.15, -0.1) is 0 Å². The average molecular weight is 271 g/mol. The first-order valence-electron chi connectivity index (χ1n) is 6.70. The summed E-state index contributed by atoms with van der Waals surface area (Å²) >= 11 is 0. The van der Waals surface area contributed by atoms with E-state index in [0.29, 0.717) is 13.2 Å². The highest BCUT2D eigenvalue weighted by Gasteiger charge is 2.07. The van der Waals surface area contributed by atoms with Crippen LogP contribution in [-0.2, 0) is 13.2 Å². The molecule has 20 heavy (non-hydrogen) atoms. The first kappa shape index (κ1) is 14.4. The largest absolute Gasteiger partial charge is 0.493 e. The van der Waals surface area contributed by atoms with E-state index in [1.54, 1.807) is 7.11 Å². The van der Waals surface area contributed by atoms with E-state index in [1.807, 2.05) is 18.2 Å². The van der Waals surface area contributed by atoms with Gasteiger partial charge >= 0.3 is 0 Å². The Bertz CT molecular complexity index is 594. The third-order valence-electron chi connectivity index (χ3n) is 3.35. The molecule has 0 aromatic heterocycles. The number of rotatable bonds is 5. The normalized spacial score (nSPS) is 10.4. The maximum Gasteiger partial charge on any atom is 0.161 e. The molecule has 2 N–H and O–H groups in total. The summed E-state index contributed by atoms with van der Waals surface area (Å²) in [5.41, 5.74) is 10.3. The molecule has 0 aliphatic rings. The van der Waals surface area contributed by atoms with Gasteiger partial charge in [-0.1, -0.05) is 29.8 Å². The molecule has 0 saturated carbocycles. The van der Waals surface area contributed by atoms with Crippen molar-refractivity contribution in [2.75, 3.05) is 7.11 Å². The van der Waals surface area contributed by atoms with Crippen LogP contribution in [0.5, 0.6) is 11.5 Å². The van der Waals surface area contributed by atoms with Crippen molar-refractivity contribution in [1.82, 2.24) is 0 Å². The van der Waals surface area contributed by atoms with E-state index in [4.69, 9.17) is 15.2 Å². The number of aryl methyl sites for hydroxylation is 2. The Labute approximate surface area is 120 Å². The second kappa shape index (κ2) is 6.44. The minimum absolute atomic E-state index is 0.490. The van der Waals surface area contributed by atoms with Crippen LogP contribution in [0.2, 0.25) is 0 Å². The quantitative estimate of drug-likeness (QED) is 0.907. The van der Waals surface area contributed by atoms with E-state index in [0.717, 1.165) is 17.1 Å². The van der Waals surface area contributed by atoms with Crippen molar-refractivity contribution in [2.24, 2.45) is 5.73 Å². The zero-order valence-electron chi connectivity index (χ0n) is 12.3. The lowest BCUT2D eigenvalue weighted by atomic mass is 10.1. The summed E-state index contributed by atoms with van der Waals surface area (Å²) in [4.78, 5) is 0. The number of ether oxygens (including phenoxy) is 2. The zero-order chi connectivity index (χ0) is 14.5. The topological polar surface area (TPSA) is 44.5 Å². The van der Waals surface area contributed by atoms with E-state index in [1.165, 1.54) is 16.7 Å². The lowest BCUT2D eigenvalue weighted by molar-refractivity contribution is 0.283. The second-order valence-corrected chi connectivity index (χ2v) is 4.91. The minimum Gasteiger partial charge on any atom is -0.493 e. The highest BCUT2D eigenvalue weighted by molar-refractivity contribution is 5.43. The van der Waals surface area contributed by atoms with Gasteiger partial charge in [0.15, 0.2) is 11.5 Å². The molecule has 3 heteroatoms. The van der Waals surface area contributed by atoms with Crippen LogP contribution in [0, 0.1) is 13.8 Å². The second-order valence-electron chi connectivity index (χ2n) is 4.91. The predicted molar refractivity (Wildman–Crippen MR) is 81.1 cm³/mol. The molecule has 0 atom stereocenters. The lowest BCUT2D eigenvalue weighted by Crippen LogP contribution is -2.02. The van der Waals surface area contributed by atoms with Gasteiger partial charge in [-0.2, -0.15) is 0 Å². The summed E-state index contributed by atoms with van der Waals surface area (Å²) in [5.74, 6) is 1.46. The summed E-state index contributed by atoms with van der Waals surface area (Å²) < 4.78 is 11.2. The third kappa shape index (κ3) is 3.31. The molecular weight excluding hydrogens is 250 g/mol. The molecule has 0 saturated heterocycles. The fourth-order valence-corrected chi connectivity index (χ4v) is 2.07. The Kier molecular flexibility index (Phi) is 4.64. The van der Waals surface area contributed by atoms with E-state index in [-0.39, 0.29) is 0 Å². The summed E-state index contributed by atoms with van der Waals surface area (Å²) in [6, 6.07) is 12.1. The van der Waals surface area contributed by atoms with E-state index in [2.05, 4.69) is 32.0 Å². The predicted octanol–water partition coefficient (Wildman–Crippen LogP) is 3.35. The molecule has 0 fully saturated rings. The first-order valence-corrected chi connectivity index (χ1v) is 6.70. The lowest BCUT2D eigenvalue weighted by Gasteiger charge is -2.13. The fraction of sp³-hybridized carbons (Fsp3) is 0.294. The minimum atomic E-state index is 0.490.